The second-order valence-electron chi connectivity index (χ2n) is 8.07. The van der Waals surface area contributed by atoms with Gasteiger partial charge in [-0.15, -0.1) is 0 Å². The van der Waals surface area contributed by atoms with Gasteiger partial charge in [0.25, 0.3) is 5.91 Å². The highest BCUT2D eigenvalue weighted by Crippen LogP contribution is 2.31. The topological polar surface area (TPSA) is 80.3 Å². The Morgan fingerprint density at radius 1 is 1.09 bits per heavy atom. The van der Waals surface area contributed by atoms with Crippen LogP contribution in [0.1, 0.15) is 49.7 Å². The number of benzene rings is 1. The minimum atomic E-state index is -3.83. The van der Waals surface area contributed by atoms with Crippen molar-refractivity contribution in [2.75, 3.05) is 7.11 Å². The molecule has 2 aromatic rings. The van der Waals surface area contributed by atoms with Crippen LogP contribution in [0.3, 0.4) is 0 Å². The molecule has 1 aromatic carbocycles. The predicted molar refractivity (Wildman–Crippen MR) is 116 cm³/mol. The van der Waals surface area contributed by atoms with Gasteiger partial charge in [-0.05, 0) is 30.4 Å². The minimum Gasteiger partial charge on any atom is -0.481 e. The van der Waals surface area contributed by atoms with Gasteiger partial charge in [0.2, 0.25) is 11.8 Å². The third-order valence-corrected chi connectivity index (χ3v) is 5.84. The number of halogens is 2. The fourth-order valence-electron chi connectivity index (χ4n) is 3.99. The summed E-state index contributed by atoms with van der Waals surface area (Å²) in [5.41, 5.74) is 0.335. The Kier molecular flexibility index (Phi) is 8.14. The average Bonchev–Trinajstić information content (AvgIpc) is 3.11. The fraction of sp³-hybridized carbons (Fsp3) is 0.458. The monoisotopic (exact) mass is 445 g/mol. The van der Waals surface area contributed by atoms with Crippen molar-refractivity contribution in [2.24, 2.45) is 5.92 Å². The van der Waals surface area contributed by atoms with Crippen molar-refractivity contribution < 1.29 is 23.1 Å². The molecule has 3 rings (SSSR count). The highest BCUT2D eigenvalue weighted by atomic mass is 19.3. The second-order valence-corrected chi connectivity index (χ2v) is 8.07. The van der Waals surface area contributed by atoms with Gasteiger partial charge >= 0.3 is 5.92 Å². The first kappa shape index (κ1) is 23.6. The Bertz CT molecular complexity index is 883. The van der Waals surface area contributed by atoms with Crippen LogP contribution < -0.4 is 15.4 Å². The number of rotatable bonds is 8. The van der Waals surface area contributed by atoms with Crippen LogP contribution in [0.5, 0.6) is 5.88 Å². The lowest BCUT2D eigenvalue weighted by molar-refractivity contribution is -0.150. The molecule has 1 aliphatic carbocycles. The second kappa shape index (κ2) is 11.0. The summed E-state index contributed by atoms with van der Waals surface area (Å²) >= 11 is 0. The number of ether oxygens (including phenoxy) is 1. The molecule has 1 unspecified atom stereocenters. The number of pyridine rings is 1. The van der Waals surface area contributed by atoms with Crippen LogP contribution in [0.4, 0.5) is 8.78 Å². The maximum Gasteiger partial charge on any atom is 0.351 e. The lowest BCUT2D eigenvalue weighted by Crippen LogP contribution is -2.54. The number of alkyl halides is 2. The molecule has 1 aromatic heterocycles. The van der Waals surface area contributed by atoms with E-state index in [0.717, 1.165) is 43.5 Å². The zero-order valence-electron chi connectivity index (χ0n) is 18.2. The summed E-state index contributed by atoms with van der Waals surface area (Å²) in [5.74, 6) is -5.81. The number of nitrogens with one attached hydrogen (secondary N) is 2. The van der Waals surface area contributed by atoms with Gasteiger partial charge in [-0.1, -0.05) is 56.0 Å². The van der Waals surface area contributed by atoms with Crippen molar-refractivity contribution in [1.82, 2.24) is 15.6 Å². The fourth-order valence-corrected chi connectivity index (χ4v) is 3.99. The number of hydrogen-bond donors (Lipinski definition) is 2. The largest absolute Gasteiger partial charge is 0.481 e. The number of carbonyl (C=O) groups excluding carboxylic acids is 2. The maximum absolute atomic E-state index is 14.9. The Morgan fingerprint density at radius 3 is 2.38 bits per heavy atom. The maximum atomic E-state index is 14.9. The zero-order valence-corrected chi connectivity index (χ0v) is 18.2. The Hall–Kier alpha value is -3.03. The first-order valence-corrected chi connectivity index (χ1v) is 10.9. The Labute approximate surface area is 186 Å². The molecule has 0 spiro atoms. The summed E-state index contributed by atoms with van der Waals surface area (Å²) in [5, 5.41) is 5.16. The standard InChI is InChI=1S/C24H29F2N3O3/c1-32-20-14-13-19(16-27-20)24(25,26)23(31)29-21(18-11-7-2-3-8-12-18)22(30)28-15-17-9-5-4-6-10-17/h4-6,9-10,13-14,16,18,21H,2-3,7-8,11-12,15H2,1H3,(H,28,30)(H,29,31). The van der Waals surface area contributed by atoms with Gasteiger partial charge in [-0.3, -0.25) is 9.59 Å². The molecule has 32 heavy (non-hydrogen) atoms. The van der Waals surface area contributed by atoms with Crippen LogP contribution in [-0.2, 0) is 22.1 Å². The normalized spacial score (nSPS) is 16.0. The number of aromatic nitrogens is 1. The number of methoxy groups -OCH3 is 1. The molecule has 0 aliphatic heterocycles. The van der Waals surface area contributed by atoms with Crippen molar-refractivity contribution in [3.05, 3.63) is 59.8 Å². The molecule has 1 fully saturated rings. The van der Waals surface area contributed by atoms with Crippen LogP contribution >= 0.6 is 0 Å². The number of hydrogen-bond acceptors (Lipinski definition) is 4. The predicted octanol–water partition coefficient (Wildman–Crippen LogP) is 3.95. The van der Waals surface area contributed by atoms with E-state index < -0.39 is 29.3 Å². The first-order chi connectivity index (χ1) is 15.4. The molecule has 2 amide bonds. The molecule has 8 heteroatoms. The van der Waals surface area contributed by atoms with Crippen molar-refractivity contribution in [3.63, 3.8) is 0 Å². The molecule has 172 valence electrons. The molecular weight excluding hydrogens is 416 g/mol. The smallest absolute Gasteiger partial charge is 0.351 e. The van der Waals surface area contributed by atoms with Gasteiger partial charge in [0.05, 0.1) is 7.11 Å². The zero-order chi connectivity index (χ0) is 23.0. The van der Waals surface area contributed by atoms with E-state index in [1.165, 1.54) is 13.2 Å². The lowest BCUT2D eigenvalue weighted by atomic mass is 9.90. The number of carbonyl (C=O) groups is 2. The lowest BCUT2D eigenvalue weighted by Gasteiger charge is -2.28. The van der Waals surface area contributed by atoms with E-state index in [1.807, 2.05) is 30.3 Å². The quantitative estimate of drug-likeness (QED) is 0.603. The van der Waals surface area contributed by atoms with Crippen LogP contribution in [-0.4, -0.2) is 29.9 Å². The molecule has 0 saturated heterocycles. The van der Waals surface area contributed by atoms with E-state index >= 15 is 0 Å². The van der Waals surface area contributed by atoms with Crippen LogP contribution in [0.15, 0.2) is 48.7 Å². The van der Waals surface area contributed by atoms with Crippen molar-refractivity contribution in [1.29, 1.82) is 0 Å². The molecule has 0 bridgehead atoms. The van der Waals surface area contributed by atoms with E-state index in [1.54, 1.807) is 0 Å². The molecule has 2 N–H and O–H groups in total. The molecular formula is C24H29F2N3O3. The first-order valence-electron chi connectivity index (χ1n) is 10.9. The van der Waals surface area contributed by atoms with E-state index in [2.05, 4.69) is 15.6 Å². The van der Waals surface area contributed by atoms with E-state index in [9.17, 15) is 18.4 Å². The molecule has 1 saturated carbocycles. The van der Waals surface area contributed by atoms with Gasteiger partial charge in [0.15, 0.2) is 0 Å². The molecule has 0 radical (unpaired) electrons. The summed E-state index contributed by atoms with van der Waals surface area (Å²) in [6.07, 6.45) is 6.21. The van der Waals surface area contributed by atoms with E-state index in [0.29, 0.717) is 12.8 Å². The molecule has 1 aliphatic rings. The summed E-state index contributed by atoms with van der Waals surface area (Å²) in [4.78, 5) is 29.4. The molecule has 1 atom stereocenters. The van der Waals surface area contributed by atoms with Gasteiger partial charge < -0.3 is 15.4 Å². The summed E-state index contributed by atoms with van der Waals surface area (Å²) < 4.78 is 34.6. The molecule has 1 heterocycles. The number of amides is 2. The van der Waals surface area contributed by atoms with Crippen LogP contribution in [0.25, 0.3) is 0 Å². The van der Waals surface area contributed by atoms with E-state index in [4.69, 9.17) is 4.74 Å². The van der Waals surface area contributed by atoms with Gasteiger partial charge in [-0.25, -0.2) is 4.98 Å². The van der Waals surface area contributed by atoms with E-state index in [-0.39, 0.29) is 18.3 Å². The summed E-state index contributed by atoms with van der Waals surface area (Å²) in [6.45, 7) is 0.261. The highest BCUT2D eigenvalue weighted by Gasteiger charge is 2.44. The van der Waals surface area contributed by atoms with Crippen molar-refractivity contribution in [2.45, 2.75) is 57.0 Å². The Morgan fingerprint density at radius 2 is 1.78 bits per heavy atom. The van der Waals surface area contributed by atoms with Crippen molar-refractivity contribution >= 4 is 11.8 Å². The average molecular weight is 446 g/mol. The summed E-state index contributed by atoms with van der Waals surface area (Å²) in [7, 11) is 1.37. The highest BCUT2D eigenvalue weighted by molar-refractivity contribution is 5.91. The van der Waals surface area contributed by atoms with Crippen LogP contribution in [0, 0.1) is 5.92 Å². The third kappa shape index (κ3) is 6.02. The third-order valence-electron chi connectivity index (χ3n) is 5.84. The van der Waals surface area contributed by atoms with Gasteiger partial charge in [0.1, 0.15) is 6.04 Å². The molecule has 6 nitrogen and oxygen atoms in total. The van der Waals surface area contributed by atoms with Gasteiger partial charge in [0, 0.05) is 24.4 Å². The number of nitrogens with zero attached hydrogens (tertiary/aromatic N) is 1. The van der Waals surface area contributed by atoms with Crippen LogP contribution in [0.2, 0.25) is 0 Å². The van der Waals surface area contributed by atoms with Crippen molar-refractivity contribution in [3.8, 4) is 5.88 Å². The SMILES string of the molecule is COc1ccc(C(F)(F)C(=O)NC(C(=O)NCc2ccccc2)C2CCCCCC2)cn1. The summed E-state index contributed by atoms with van der Waals surface area (Å²) in [6, 6.07) is 10.7. The minimum absolute atomic E-state index is 0.168. The Balaban J connectivity index is 1.75. The van der Waals surface area contributed by atoms with Gasteiger partial charge in [-0.2, -0.15) is 8.78 Å².